The standard InChI is InChI=1S/C20H17NO4S/c1-26(23,24)19-13-6-5-12-18(19)21-20(22)15-8-7-11-17(14-15)25-16-9-3-2-4-10-16/h2-14H,1H3,(H,21,22). The summed E-state index contributed by atoms with van der Waals surface area (Å²) < 4.78 is 29.4. The van der Waals surface area contributed by atoms with Gasteiger partial charge in [0.15, 0.2) is 9.84 Å². The number of carbonyl (C=O) groups is 1. The molecule has 3 aromatic rings. The molecule has 1 N–H and O–H groups in total. The highest BCUT2D eigenvalue weighted by Crippen LogP contribution is 2.24. The van der Waals surface area contributed by atoms with Gasteiger partial charge in [-0.2, -0.15) is 0 Å². The van der Waals surface area contributed by atoms with Crippen LogP contribution in [0.15, 0.2) is 83.8 Å². The Morgan fingerprint density at radius 2 is 1.50 bits per heavy atom. The van der Waals surface area contributed by atoms with Crippen LogP contribution in [0.5, 0.6) is 11.5 Å². The number of anilines is 1. The number of benzene rings is 3. The van der Waals surface area contributed by atoms with Crippen LogP contribution in [-0.2, 0) is 9.84 Å². The topological polar surface area (TPSA) is 72.5 Å². The van der Waals surface area contributed by atoms with Crippen LogP contribution in [0.1, 0.15) is 10.4 Å². The summed E-state index contributed by atoms with van der Waals surface area (Å²) in [4.78, 5) is 12.6. The normalized spacial score (nSPS) is 11.0. The minimum absolute atomic E-state index is 0.0741. The molecule has 0 aliphatic rings. The van der Waals surface area contributed by atoms with Crippen molar-refractivity contribution >= 4 is 21.4 Å². The largest absolute Gasteiger partial charge is 0.457 e. The monoisotopic (exact) mass is 367 g/mol. The van der Waals surface area contributed by atoms with Crippen molar-refractivity contribution in [1.82, 2.24) is 0 Å². The zero-order chi connectivity index (χ0) is 18.6. The van der Waals surface area contributed by atoms with Crippen LogP contribution in [0.4, 0.5) is 5.69 Å². The maximum atomic E-state index is 12.5. The summed E-state index contributed by atoms with van der Waals surface area (Å²) in [5, 5.41) is 2.65. The second kappa shape index (κ2) is 7.41. The van der Waals surface area contributed by atoms with E-state index in [9.17, 15) is 13.2 Å². The number of ether oxygens (including phenoxy) is 1. The van der Waals surface area contributed by atoms with Crippen molar-refractivity contribution in [3.05, 3.63) is 84.4 Å². The van der Waals surface area contributed by atoms with Crippen LogP contribution in [0.3, 0.4) is 0 Å². The summed E-state index contributed by atoms with van der Waals surface area (Å²) in [7, 11) is -3.45. The SMILES string of the molecule is CS(=O)(=O)c1ccccc1NC(=O)c1cccc(Oc2ccccc2)c1. The van der Waals surface area contributed by atoms with Gasteiger partial charge >= 0.3 is 0 Å². The molecule has 0 bridgehead atoms. The number of nitrogens with one attached hydrogen (secondary N) is 1. The lowest BCUT2D eigenvalue weighted by molar-refractivity contribution is 0.102. The Kier molecular flexibility index (Phi) is 5.04. The van der Waals surface area contributed by atoms with Gasteiger partial charge in [0.1, 0.15) is 11.5 Å². The van der Waals surface area contributed by atoms with Gasteiger partial charge in [0, 0.05) is 11.8 Å². The fraction of sp³-hybridized carbons (Fsp3) is 0.0500. The number of sulfone groups is 1. The average Bonchev–Trinajstić information content (AvgIpc) is 2.62. The lowest BCUT2D eigenvalue weighted by Crippen LogP contribution is -2.14. The maximum absolute atomic E-state index is 12.5. The van der Waals surface area contributed by atoms with Crippen LogP contribution < -0.4 is 10.1 Å². The smallest absolute Gasteiger partial charge is 0.255 e. The van der Waals surface area contributed by atoms with Gasteiger partial charge in [-0.15, -0.1) is 0 Å². The van der Waals surface area contributed by atoms with E-state index >= 15 is 0 Å². The van der Waals surface area contributed by atoms with Crippen molar-refractivity contribution in [2.24, 2.45) is 0 Å². The lowest BCUT2D eigenvalue weighted by Gasteiger charge is -2.11. The lowest BCUT2D eigenvalue weighted by atomic mass is 10.2. The highest BCUT2D eigenvalue weighted by molar-refractivity contribution is 7.90. The van der Waals surface area contributed by atoms with E-state index in [0.717, 1.165) is 6.26 Å². The molecule has 0 atom stereocenters. The quantitative estimate of drug-likeness (QED) is 0.736. The van der Waals surface area contributed by atoms with E-state index < -0.39 is 15.7 Å². The van der Waals surface area contributed by atoms with Gasteiger partial charge in [-0.25, -0.2) is 8.42 Å². The zero-order valence-electron chi connectivity index (χ0n) is 14.0. The maximum Gasteiger partial charge on any atom is 0.255 e. The number of amides is 1. The van der Waals surface area contributed by atoms with Crippen molar-refractivity contribution < 1.29 is 17.9 Å². The summed E-state index contributed by atoms with van der Waals surface area (Å²) in [6, 6.07) is 22.2. The van der Waals surface area contributed by atoms with E-state index in [2.05, 4.69) is 5.32 Å². The van der Waals surface area contributed by atoms with E-state index in [1.165, 1.54) is 6.07 Å². The fourth-order valence-corrected chi connectivity index (χ4v) is 3.26. The highest BCUT2D eigenvalue weighted by atomic mass is 32.2. The molecule has 0 heterocycles. The predicted molar refractivity (Wildman–Crippen MR) is 100 cm³/mol. The minimum atomic E-state index is -3.45. The first kappa shape index (κ1) is 17.7. The van der Waals surface area contributed by atoms with Crippen LogP contribution in [0.25, 0.3) is 0 Å². The molecule has 0 spiro atoms. The second-order valence-corrected chi connectivity index (χ2v) is 7.65. The molecule has 3 aromatic carbocycles. The number of rotatable bonds is 5. The van der Waals surface area contributed by atoms with Crippen molar-refractivity contribution in [1.29, 1.82) is 0 Å². The summed E-state index contributed by atoms with van der Waals surface area (Å²) in [6.07, 6.45) is 1.10. The van der Waals surface area contributed by atoms with Gasteiger partial charge in [-0.3, -0.25) is 4.79 Å². The van der Waals surface area contributed by atoms with E-state index in [4.69, 9.17) is 4.74 Å². The van der Waals surface area contributed by atoms with E-state index in [0.29, 0.717) is 17.1 Å². The molecule has 0 fully saturated rings. The summed E-state index contributed by atoms with van der Waals surface area (Å²) in [5.41, 5.74) is 0.608. The predicted octanol–water partition coefficient (Wildman–Crippen LogP) is 4.13. The van der Waals surface area contributed by atoms with Crippen LogP contribution >= 0.6 is 0 Å². The number of carbonyl (C=O) groups excluding carboxylic acids is 1. The molecule has 6 heteroatoms. The molecule has 0 aromatic heterocycles. The van der Waals surface area contributed by atoms with E-state index in [1.807, 2.05) is 30.3 Å². The van der Waals surface area contributed by atoms with Crippen LogP contribution in [0, 0.1) is 0 Å². The van der Waals surface area contributed by atoms with E-state index in [1.54, 1.807) is 42.5 Å². The first-order chi connectivity index (χ1) is 12.4. The Balaban J connectivity index is 1.82. The van der Waals surface area contributed by atoms with Crippen molar-refractivity contribution in [2.75, 3.05) is 11.6 Å². The van der Waals surface area contributed by atoms with Gasteiger partial charge in [-0.1, -0.05) is 36.4 Å². The molecule has 0 saturated carbocycles. The van der Waals surface area contributed by atoms with Crippen molar-refractivity contribution in [2.45, 2.75) is 4.90 Å². The highest BCUT2D eigenvalue weighted by Gasteiger charge is 2.15. The molecular formula is C20H17NO4S. The zero-order valence-corrected chi connectivity index (χ0v) is 14.9. The Morgan fingerprint density at radius 3 is 2.23 bits per heavy atom. The molecular weight excluding hydrogens is 350 g/mol. The third kappa shape index (κ3) is 4.29. The molecule has 0 radical (unpaired) electrons. The Labute approximate surface area is 152 Å². The van der Waals surface area contributed by atoms with Gasteiger partial charge in [0.2, 0.25) is 0 Å². The van der Waals surface area contributed by atoms with Gasteiger partial charge in [-0.05, 0) is 42.5 Å². The molecule has 5 nitrogen and oxygen atoms in total. The molecule has 26 heavy (non-hydrogen) atoms. The summed E-state index contributed by atoms with van der Waals surface area (Å²) in [6.45, 7) is 0. The molecule has 0 aliphatic carbocycles. The average molecular weight is 367 g/mol. The Hall–Kier alpha value is -3.12. The van der Waals surface area contributed by atoms with Crippen molar-refractivity contribution in [3.8, 4) is 11.5 Å². The molecule has 0 saturated heterocycles. The number of hydrogen-bond donors (Lipinski definition) is 1. The first-order valence-electron chi connectivity index (χ1n) is 7.87. The Morgan fingerprint density at radius 1 is 0.846 bits per heavy atom. The third-order valence-electron chi connectivity index (χ3n) is 3.61. The van der Waals surface area contributed by atoms with Gasteiger partial charge in [0.05, 0.1) is 10.6 Å². The summed E-state index contributed by atoms with van der Waals surface area (Å²) in [5.74, 6) is 0.757. The number of para-hydroxylation sites is 2. The van der Waals surface area contributed by atoms with Gasteiger partial charge in [0.25, 0.3) is 5.91 Å². The van der Waals surface area contributed by atoms with Crippen LogP contribution in [0.2, 0.25) is 0 Å². The molecule has 132 valence electrons. The van der Waals surface area contributed by atoms with Crippen molar-refractivity contribution in [3.63, 3.8) is 0 Å². The minimum Gasteiger partial charge on any atom is -0.457 e. The molecule has 1 amide bonds. The van der Waals surface area contributed by atoms with Crippen LogP contribution in [-0.4, -0.2) is 20.6 Å². The first-order valence-corrected chi connectivity index (χ1v) is 9.76. The molecule has 0 aliphatic heterocycles. The Bertz CT molecular complexity index is 1030. The second-order valence-electron chi connectivity index (χ2n) is 5.67. The third-order valence-corrected chi connectivity index (χ3v) is 4.76. The molecule has 3 rings (SSSR count). The molecule has 0 unspecified atom stereocenters. The summed E-state index contributed by atoms with van der Waals surface area (Å²) >= 11 is 0. The fourth-order valence-electron chi connectivity index (χ4n) is 2.41. The van der Waals surface area contributed by atoms with E-state index in [-0.39, 0.29) is 10.6 Å². The van der Waals surface area contributed by atoms with Gasteiger partial charge < -0.3 is 10.1 Å². The number of hydrogen-bond acceptors (Lipinski definition) is 4.